The van der Waals surface area contributed by atoms with E-state index in [4.69, 9.17) is 9.26 Å². The van der Waals surface area contributed by atoms with Gasteiger partial charge in [-0.15, -0.1) is 0 Å². The van der Waals surface area contributed by atoms with Crippen LogP contribution in [0.5, 0.6) is 5.75 Å². The van der Waals surface area contributed by atoms with Crippen LogP contribution >= 0.6 is 0 Å². The summed E-state index contributed by atoms with van der Waals surface area (Å²) in [7, 11) is 0. The summed E-state index contributed by atoms with van der Waals surface area (Å²) >= 11 is 0. The van der Waals surface area contributed by atoms with Gasteiger partial charge >= 0.3 is 0 Å². The second-order valence-corrected chi connectivity index (χ2v) is 7.54. The van der Waals surface area contributed by atoms with E-state index < -0.39 is 0 Å². The van der Waals surface area contributed by atoms with Crippen molar-refractivity contribution in [2.75, 3.05) is 18.1 Å². The van der Waals surface area contributed by atoms with Crippen LogP contribution in [0.25, 0.3) is 11.4 Å². The summed E-state index contributed by atoms with van der Waals surface area (Å²) in [6.45, 7) is 7.32. The molecule has 3 aromatic rings. The number of amides is 1. The maximum Gasteiger partial charge on any atom is 0.232 e. The lowest BCUT2D eigenvalue weighted by Crippen LogP contribution is -2.24. The Morgan fingerprint density at radius 3 is 2.83 bits per heavy atom. The minimum Gasteiger partial charge on any atom is -0.493 e. The number of aromatic nitrogens is 2. The van der Waals surface area contributed by atoms with Gasteiger partial charge in [-0.3, -0.25) is 4.79 Å². The molecule has 1 atom stereocenters. The lowest BCUT2D eigenvalue weighted by atomic mass is 10.0. The molecule has 2 aromatic carbocycles. The summed E-state index contributed by atoms with van der Waals surface area (Å²) in [5.41, 5.74) is 2.92. The molecule has 2 heterocycles. The average Bonchev–Trinajstić information content (AvgIpc) is 3.36. The Morgan fingerprint density at radius 2 is 2.03 bits per heavy atom. The Kier molecular flexibility index (Phi) is 5.34. The molecule has 1 aromatic heterocycles. The highest BCUT2D eigenvalue weighted by molar-refractivity contribution is 5.96. The number of nitrogens with zero attached hydrogens (tertiary/aromatic N) is 3. The largest absolute Gasteiger partial charge is 0.493 e. The van der Waals surface area contributed by atoms with E-state index in [-0.39, 0.29) is 11.8 Å². The highest BCUT2D eigenvalue weighted by Gasteiger charge is 2.35. The third-order valence-electron chi connectivity index (χ3n) is 5.19. The fourth-order valence-corrected chi connectivity index (χ4v) is 3.62. The van der Waals surface area contributed by atoms with Crippen molar-refractivity contribution in [1.82, 2.24) is 10.1 Å². The highest BCUT2D eigenvalue weighted by atomic mass is 16.5. The second-order valence-electron chi connectivity index (χ2n) is 7.54. The predicted octanol–water partition coefficient (Wildman–Crippen LogP) is 4.78. The van der Waals surface area contributed by atoms with E-state index >= 15 is 0 Å². The van der Waals surface area contributed by atoms with Crippen LogP contribution < -0.4 is 9.64 Å². The number of carbonyl (C=O) groups is 1. The first-order chi connectivity index (χ1) is 14.1. The highest BCUT2D eigenvalue weighted by Crippen LogP contribution is 2.34. The van der Waals surface area contributed by atoms with E-state index in [1.807, 2.05) is 48.2 Å². The normalized spacial score (nSPS) is 16.6. The van der Waals surface area contributed by atoms with Gasteiger partial charge in [0.15, 0.2) is 0 Å². The first-order valence-electron chi connectivity index (χ1n) is 10.0. The molecule has 0 bridgehead atoms. The zero-order valence-electron chi connectivity index (χ0n) is 17.0. The number of hydrogen-bond donors (Lipinski definition) is 0. The van der Waals surface area contributed by atoms with E-state index in [9.17, 15) is 4.79 Å². The molecule has 1 aliphatic heterocycles. The van der Waals surface area contributed by atoms with Crippen molar-refractivity contribution in [2.45, 2.75) is 39.0 Å². The quantitative estimate of drug-likeness (QED) is 0.605. The van der Waals surface area contributed by atoms with Gasteiger partial charge in [-0.2, -0.15) is 4.98 Å². The number of hydrogen-bond acceptors (Lipinski definition) is 5. The van der Waals surface area contributed by atoms with E-state index in [0.717, 1.165) is 17.0 Å². The van der Waals surface area contributed by atoms with Gasteiger partial charge in [-0.25, -0.2) is 0 Å². The van der Waals surface area contributed by atoms with Crippen LogP contribution in [-0.4, -0.2) is 29.2 Å². The van der Waals surface area contributed by atoms with Gasteiger partial charge in [0.05, 0.1) is 18.1 Å². The average molecular weight is 391 g/mol. The molecule has 1 unspecified atom stereocenters. The van der Waals surface area contributed by atoms with E-state index in [1.54, 1.807) is 0 Å². The Bertz CT molecular complexity index is 1010. The number of carbonyl (C=O) groups excluding carboxylic acids is 1. The number of benzene rings is 2. The monoisotopic (exact) mass is 391 g/mol. The predicted molar refractivity (Wildman–Crippen MR) is 111 cm³/mol. The lowest BCUT2D eigenvalue weighted by molar-refractivity contribution is -0.117. The molecule has 0 aliphatic carbocycles. The van der Waals surface area contributed by atoms with Crippen molar-refractivity contribution >= 4 is 11.6 Å². The summed E-state index contributed by atoms with van der Waals surface area (Å²) in [5.74, 6) is 2.05. The van der Waals surface area contributed by atoms with Crippen molar-refractivity contribution in [3.8, 4) is 17.1 Å². The van der Waals surface area contributed by atoms with Crippen LogP contribution in [0.15, 0.2) is 53.1 Å². The van der Waals surface area contributed by atoms with Gasteiger partial charge in [0.2, 0.25) is 17.6 Å². The zero-order chi connectivity index (χ0) is 20.4. The summed E-state index contributed by atoms with van der Waals surface area (Å²) in [4.78, 5) is 19.1. The fourth-order valence-electron chi connectivity index (χ4n) is 3.62. The maximum atomic E-state index is 12.7. The standard InChI is InChI=1S/C23H25N3O3/c1-4-28-20-11-6-5-10-19(20)22-24-23(29-25-22)17-13-21(27)26(14-17)18-9-7-8-16(12-18)15(2)3/h5-12,15,17H,4,13-14H2,1-3H3. The van der Waals surface area contributed by atoms with Crippen LogP contribution in [0.3, 0.4) is 0 Å². The third kappa shape index (κ3) is 3.88. The smallest absolute Gasteiger partial charge is 0.232 e. The zero-order valence-corrected chi connectivity index (χ0v) is 17.0. The molecule has 1 saturated heterocycles. The first-order valence-corrected chi connectivity index (χ1v) is 10.0. The Hall–Kier alpha value is -3.15. The van der Waals surface area contributed by atoms with Crippen molar-refractivity contribution in [3.05, 3.63) is 60.0 Å². The van der Waals surface area contributed by atoms with Crippen LogP contribution in [0.2, 0.25) is 0 Å². The van der Waals surface area contributed by atoms with E-state index in [0.29, 0.717) is 37.2 Å². The van der Waals surface area contributed by atoms with Crippen LogP contribution in [-0.2, 0) is 4.79 Å². The third-order valence-corrected chi connectivity index (χ3v) is 5.19. The minimum absolute atomic E-state index is 0.0744. The summed E-state index contributed by atoms with van der Waals surface area (Å²) in [6.07, 6.45) is 0.362. The lowest BCUT2D eigenvalue weighted by Gasteiger charge is -2.18. The molecule has 6 nitrogen and oxygen atoms in total. The van der Waals surface area contributed by atoms with Gasteiger partial charge in [0, 0.05) is 18.7 Å². The minimum atomic E-state index is -0.120. The van der Waals surface area contributed by atoms with Crippen LogP contribution in [0, 0.1) is 0 Å². The Balaban J connectivity index is 1.56. The number of anilines is 1. The van der Waals surface area contributed by atoms with E-state index in [1.165, 1.54) is 5.56 Å². The van der Waals surface area contributed by atoms with E-state index in [2.05, 4.69) is 36.1 Å². The van der Waals surface area contributed by atoms with Gasteiger partial charge in [0.1, 0.15) is 5.75 Å². The number of para-hydroxylation sites is 1. The molecule has 150 valence electrons. The molecular formula is C23H25N3O3. The van der Waals surface area contributed by atoms with Gasteiger partial charge in [0.25, 0.3) is 0 Å². The second kappa shape index (κ2) is 8.07. The molecule has 6 heteroatoms. The van der Waals surface area contributed by atoms with Crippen molar-refractivity contribution in [3.63, 3.8) is 0 Å². The molecule has 29 heavy (non-hydrogen) atoms. The molecule has 1 amide bonds. The van der Waals surface area contributed by atoms with Gasteiger partial charge < -0.3 is 14.2 Å². The molecule has 4 rings (SSSR count). The first kappa shape index (κ1) is 19.2. The number of ether oxygens (including phenoxy) is 1. The van der Waals surface area contributed by atoms with Crippen LogP contribution in [0.4, 0.5) is 5.69 Å². The summed E-state index contributed by atoms with van der Waals surface area (Å²) in [5, 5.41) is 4.14. The molecule has 0 radical (unpaired) electrons. The molecule has 0 saturated carbocycles. The Labute approximate surface area is 170 Å². The van der Waals surface area contributed by atoms with Crippen molar-refractivity contribution in [2.24, 2.45) is 0 Å². The molecule has 0 N–H and O–H groups in total. The van der Waals surface area contributed by atoms with Crippen molar-refractivity contribution in [1.29, 1.82) is 0 Å². The van der Waals surface area contributed by atoms with Crippen LogP contribution in [0.1, 0.15) is 50.5 Å². The topological polar surface area (TPSA) is 68.5 Å². The van der Waals surface area contributed by atoms with Gasteiger partial charge in [-0.1, -0.05) is 43.3 Å². The fraction of sp³-hybridized carbons (Fsp3) is 0.348. The molecule has 0 spiro atoms. The number of rotatable bonds is 6. The summed E-state index contributed by atoms with van der Waals surface area (Å²) < 4.78 is 11.2. The molecular weight excluding hydrogens is 366 g/mol. The van der Waals surface area contributed by atoms with Gasteiger partial charge in [-0.05, 0) is 42.7 Å². The molecule has 1 aliphatic rings. The summed E-state index contributed by atoms with van der Waals surface area (Å²) in [6, 6.07) is 15.8. The SMILES string of the molecule is CCOc1ccccc1-c1noc(C2CC(=O)N(c3cccc(C(C)C)c3)C2)n1. The Morgan fingerprint density at radius 1 is 1.21 bits per heavy atom. The maximum absolute atomic E-state index is 12.7. The van der Waals surface area contributed by atoms with Crippen molar-refractivity contribution < 1.29 is 14.1 Å². The molecule has 1 fully saturated rings.